The number of carboxylic acid groups (broad SMARTS) is 1. The molecule has 1 aromatic heterocycles. The molecule has 24 heavy (non-hydrogen) atoms. The molecule has 3 unspecified atom stereocenters. The lowest BCUT2D eigenvalue weighted by atomic mass is 9.81. The zero-order chi connectivity index (χ0) is 17.1. The number of carboxylic acids is 1. The Morgan fingerprint density at radius 1 is 1.29 bits per heavy atom. The standard InChI is InChI=1S/C17H23N3O4/c1-2-14-18-15(24-19-14)13-9-5-6-10-20(13)16(21)11-7-3-4-8-12(11)17(22)23/h3-4,11-13H,2,5-10H2,1H3,(H,22,23). The van der Waals surface area contributed by atoms with Gasteiger partial charge in [-0.05, 0) is 32.1 Å². The molecule has 1 fully saturated rings. The summed E-state index contributed by atoms with van der Waals surface area (Å²) in [5.41, 5.74) is 0. The number of aryl methyl sites for hydroxylation is 1. The molecule has 1 saturated heterocycles. The van der Waals surface area contributed by atoms with E-state index in [4.69, 9.17) is 4.52 Å². The molecule has 1 N–H and O–H groups in total. The van der Waals surface area contributed by atoms with Crippen molar-refractivity contribution in [2.75, 3.05) is 6.54 Å². The van der Waals surface area contributed by atoms with E-state index in [1.165, 1.54) is 0 Å². The van der Waals surface area contributed by atoms with Crippen molar-refractivity contribution in [3.05, 3.63) is 23.9 Å². The van der Waals surface area contributed by atoms with Gasteiger partial charge in [-0.1, -0.05) is 24.2 Å². The lowest BCUT2D eigenvalue weighted by Crippen LogP contribution is -2.45. The highest BCUT2D eigenvalue weighted by atomic mass is 16.5. The number of amides is 1. The summed E-state index contributed by atoms with van der Waals surface area (Å²) in [7, 11) is 0. The molecule has 1 aliphatic heterocycles. The quantitative estimate of drug-likeness (QED) is 0.850. The molecule has 1 amide bonds. The second-order valence-electron chi connectivity index (χ2n) is 6.44. The van der Waals surface area contributed by atoms with Gasteiger partial charge in [0.15, 0.2) is 5.82 Å². The van der Waals surface area contributed by atoms with Crippen molar-refractivity contribution >= 4 is 11.9 Å². The Balaban J connectivity index is 1.82. The van der Waals surface area contributed by atoms with Crippen molar-refractivity contribution in [3.63, 3.8) is 0 Å². The fourth-order valence-corrected chi connectivity index (χ4v) is 3.57. The van der Waals surface area contributed by atoms with Crippen LogP contribution >= 0.6 is 0 Å². The van der Waals surface area contributed by atoms with Gasteiger partial charge in [0, 0.05) is 13.0 Å². The third-order valence-electron chi connectivity index (χ3n) is 4.94. The average molecular weight is 333 g/mol. The van der Waals surface area contributed by atoms with Gasteiger partial charge in [-0.15, -0.1) is 0 Å². The van der Waals surface area contributed by atoms with E-state index in [1.54, 1.807) is 4.90 Å². The molecule has 130 valence electrons. The first-order chi connectivity index (χ1) is 11.6. The van der Waals surface area contributed by atoms with E-state index in [-0.39, 0.29) is 11.9 Å². The van der Waals surface area contributed by atoms with Gasteiger partial charge in [0.1, 0.15) is 6.04 Å². The number of hydrogen-bond donors (Lipinski definition) is 1. The number of rotatable bonds is 4. The normalized spacial score (nSPS) is 27.2. The number of aliphatic carboxylic acids is 1. The van der Waals surface area contributed by atoms with Crippen molar-refractivity contribution < 1.29 is 19.2 Å². The van der Waals surface area contributed by atoms with Crippen LogP contribution in [0.3, 0.4) is 0 Å². The minimum absolute atomic E-state index is 0.104. The molecule has 0 bridgehead atoms. The van der Waals surface area contributed by atoms with Crippen LogP contribution in [-0.2, 0) is 16.0 Å². The maximum Gasteiger partial charge on any atom is 0.307 e. The molecule has 0 spiro atoms. The van der Waals surface area contributed by atoms with E-state index in [0.717, 1.165) is 19.3 Å². The molecule has 7 heteroatoms. The van der Waals surface area contributed by atoms with Gasteiger partial charge >= 0.3 is 5.97 Å². The molecule has 3 rings (SSSR count). The number of carbonyl (C=O) groups is 2. The maximum absolute atomic E-state index is 13.1. The summed E-state index contributed by atoms with van der Waals surface area (Å²) in [5.74, 6) is -1.07. The highest BCUT2D eigenvalue weighted by molar-refractivity contribution is 5.85. The van der Waals surface area contributed by atoms with Gasteiger partial charge in [0.2, 0.25) is 11.8 Å². The summed E-state index contributed by atoms with van der Waals surface area (Å²) < 4.78 is 5.35. The van der Waals surface area contributed by atoms with E-state index >= 15 is 0 Å². The predicted molar refractivity (Wildman–Crippen MR) is 85.0 cm³/mol. The number of likely N-dealkylation sites (tertiary alicyclic amines) is 1. The van der Waals surface area contributed by atoms with Gasteiger partial charge in [0.05, 0.1) is 11.8 Å². The summed E-state index contributed by atoms with van der Waals surface area (Å²) in [6.07, 6.45) is 8.00. The molecule has 2 heterocycles. The number of aromatic nitrogens is 2. The second kappa shape index (κ2) is 7.15. The van der Waals surface area contributed by atoms with E-state index < -0.39 is 17.8 Å². The zero-order valence-corrected chi connectivity index (χ0v) is 13.9. The molecule has 3 atom stereocenters. The van der Waals surface area contributed by atoms with Crippen LogP contribution in [0.1, 0.15) is 56.8 Å². The van der Waals surface area contributed by atoms with Crippen molar-refractivity contribution in [1.29, 1.82) is 0 Å². The number of hydrogen-bond acceptors (Lipinski definition) is 5. The molecule has 2 aliphatic rings. The highest BCUT2D eigenvalue weighted by Gasteiger charge is 2.40. The Hall–Kier alpha value is -2.18. The van der Waals surface area contributed by atoms with E-state index in [9.17, 15) is 14.7 Å². The lowest BCUT2D eigenvalue weighted by Gasteiger charge is -2.37. The van der Waals surface area contributed by atoms with Crippen LogP contribution in [0.2, 0.25) is 0 Å². The minimum atomic E-state index is -0.905. The van der Waals surface area contributed by atoms with Crippen LogP contribution in [0, 0.1) is 11.8 Å². The second-order valence-corrected chi connectivity index (χ2v) is 6.44. The zero-order valence-electron chi connectivity index (χ0n) is 13.9. The molecule has 0 aromatic carbocycles. The Bertz CT molecular complexity index is 640. The van der Waals surface area contributed by atoms with Crippen molar-refractivity contribution in [2.45, 2.75) is 51.5 Å². The summed E-state index contributed by atoms with van der Waals surface area (Å²) in [6, 6.07) is -0.237. The van der Waals surface area contributed by atoms with Crippen LogP contribution in [0.25, 0.3) is 0 Å². The van der Waals surface area contributed by atoms with E-state index in [2.05, 4.69) is 10.1 Å². The first-order valence-electron chi connectivity index (χ1n) is 8.62. The van der Waals surface area contributed by atoms with Crippen molar-refractivity contribution in [1.82, 2.24) is 15.0 Å². The van der Waals surface area contributed by atoms with Crippen LogP contribution < -0.4 is 0 Å². The van der Waals surface area contributed by atoms with Crippen LogP contribution in [-0.4, -0.2) is 38.6 Å². The number of nitrogens with zero attached hydrogens (tertiary/aromatic N) is 3. The molecule has 0 radical (unpaired) electrons. The van der Waals surface area contributed by atoms with Gasteiger partial charge in [-0.3, -0.25) is 9.59 Å². The maximum atomic E-state index is 13.1. The Morgan fingerprint density at radius 3 is 2.71 bits per heavy atom. The van der Waals surface area contributed by atoms with Crippen molar-refractivity contribution in [2.24, 2.45) is 11.8 Å². The largest absolute Gasteiger partial charge is 0.481 e. The van der Waals surface area contributed by atoms with E-state index in [1.807, 2.05) is 19.1 Å². The first-order valence-corrected chi connectivity index (χ1v) is 8.62. The van der Waals surface area contributed by atoms with E-state index in [0.29, 0.717) is 37.5 Å². The number of carbonyl (C=O) groups excluding carboxylic acids is 1. The van der Waals surface area contributed by atoms with Crippen LogP contribution in [0.5, 0.6) is 0 Å². The van der Waals surface area contributed by atoms with Gasteiger partial charge in [-0.2, -0.15) is 4.98 Å². The topological polar surface area (TPSA) is 96.5 Å². The molecular formula is C17H23N3O4. The van der Waals surface area contributed by atoms with Crippen LogP contribution in [0.4, 0.5) is 0 Å². The summed E-state index contributed by atoms with van der Waals surface area (Å²) in [4.78, 5) is 30.7. The third kappa shape index (κ3) is 3.20. The molecule has 7 nitrogen and oxygen atoms in total. The summed E-state index contributed by atoms with van der Waals surface area (Å²) in [5, 5.41) is 13.4. The number of piperidine rings is 1. The number of allylic oxidation sites excluding steroid dienone is 2. The van der Waals surface area contributed by atoms with Gasteiger partial charge in [0.25, 0.3) is 0 Å². The fourth-order valence-electron chi connectivity index (χ4n) is 3.57. The molecular weight excluding hydrogens is 310 g/mol. The lowest BCUT2D eigenvalue weighted by molar-refractivity contribution is -0.152. The SMILES string of the molecule is CCc1noc(C2CCCCN2C(=O)C2CC=CCC2C(=O)O)n1. The average Bonchev–Trinajstić information content (AvgIpc) is 3.10. The summed E-state index contributed by atoms with van der Waals surface area (Å²) in [6.45, 7) is 2.56. The summed E-state index contributed by atoms with van der Waals surface area (Å²) >= 11 is 0. The molecule has 0 saturated carbocycles. The highest BCUT2D eigenvalue weighted by Crippen LogP contribution is 2.35. The Kier molecular flexibility index (Phi) is 4.97. The smallest absolute Gasteiger partial charge is 0.307 e. The fraction of sp³-hybridized carbons (Fsp3) is 0.647. The molecule has 1 aromatic rings. The molecule has 1 aliphatic carbocycles. The Morgan fingerprint density at radius 2 is 2.04 bits per heavy atom. The van der Waals surface area contributed by atoms with Gasteiger partial charge in [-0.25, -0.2) is 0 Å². The monoisotopic (exact) mass is 333 g/mol. The predicted octanol–water partition coefficient (Wildman–Crippen LogP) is 2.35. The van der Waals surface area contributed by atoms with Gasteiger partial charge < -0.3 is 14.5 Å². The Labute approximate surface area is 140 Å². The van der Waals surface area contributed by atoms with Crippen LogP contribution in [0.15, 0.2) is 16.7 Å². The minimum Gasteiger partial charge on any atom is -0.481 e. The first kappa shape index (κ1) is 16.7. The third-order valence-corrected chi connectivity index (χ3v) is 4.94. The van der Waals surface area contributed by atoms with Crippen molar-refractivity contribution in [3.8, 4) is 0 Å².